The van der Waals surface area contributed by atoms with Gasteiger partial charge in [0.1, 0.15) is 0 Å². The van der Waals surface area contributed by atoms with Crippen LogP contribution in [0.15, 0.2) is 28.5 Å². The number of carbonyl (C=O) groups excluding carboxylic acids is 2. The van der Waals surface area contributed by atoms with Crippen LogP contribution in [0.2, 0.25) is 0 Å². The molecule has 4 rings (SSSR count). The number of fused-ring (bicyclic) bond motifs is 1. The summed E-state index contributed by atoms with van der Waals surface area (Å²) < 4.78 is 28.5. The maximum Gasteiger partial charge on any atom is 0.240 e. The Bertz CT molecular complexity index is 1150. The Morgan fingerprint density at radius 1 is 1.21 bits per heavy atom. The lowest BCUT2D eigenvalue weighted by Gasteiger charge is -2.27. The molecule has 1 unspecified atom stereocenters. The predicted octanol–water partition coefficient (Wildman–Crippen LogP) is 3.47. The van der Waals surface area contributed by atoms with Crippen molar-refractivity contribution in [1.29, 1.82) is 0 Å². The van der Waals surface area contributed by atoms with E-state index >= 15 is 0 Å². The molecule has 1 aliphatic carbocycles. The van der Waals surface area contributed by atoms with Gasteiger partial charge in [-0.1, -0.05) is 0 Å². The fourth-order valence-electron chi connectivity index (χ4n) is 4.81. The minimum absolute atomic E-state index is 0.00430. The molecule has 2 N–H and O–H groups in total. The third kappa shape index (κ3) is 5.28. The summed E-state index contributed by atoms with van der Waals surface area (Å²) in [4.78, 5) is 30.6. The molecular formula is C23H30N4O4S2. The molecule has 1 aromatic carbocycles. The first kappa shape index (κ1) is 23.8. The molecule has 1 atom stereocenters. The highest BCUT2D eigenvalue weighted by molar-refractivity contribution is 7.89. The van der Waals surface area contributed by atoms with E-state index in [1.165, 1.54) is 18.3 Å². The lowest BCUT2D eigenvalue weighted by molar-refractivity contribution is -0.121. The third-order valence-corrected chi connectivity index (χ3v) is 8.84. The minimum Gasteiger partial charge on any atom is -0.309 e. The van der Waals surface area contributed by atoms with E-state index in [1.54, 1.807) is 23.1 Å². The number of rotatable bonds is 6. The number of carbonyl (C=O) groups is 2. The van der Waals surface area contributed by atoms with Gasteiger partial charge in [0, 0.05) is 36.5 Å². The number of nitrogens with one attached hydrogen (secondary N) is 2. The third-order valence-electron chi connectivity index (χ3n) is 6.54. The van der Waals surface area contributed by atoms with Crippen molar-refractivity contribution >= 4 is 44.0 Å². The smallest absolute Gasteiger partial charge is 0.240 e. The summed E-state index contributed by atoms with van der Waals surface area (Å²) in [5, 5.41) is 5.42. The average Bonchev–Trinajstić information content (AvgIpc) is 3.33. The molecule has 1 fully saturated rings. The van der Waals surface area contributed by atoms with Crippen LogP contribution in [0, 0.1) is 18.8 Å². The molecule has 10 heteroatoms. The van der Waals surface area contributed by atoms with Crippen LogP contribution in [0.5, 0.6) is 0 Å². The summed E-state index contributed by atoms with van der Waals surface area (Å²) in [5.41, 5.74) is 2.56. The van der Waals surface area contributed by atoms with Crippen LogP contribution in [0.25, 0.3) is 0 Å². The molecule has 2 aromatic rings. The molecule has 1 aromatic heterocycles. The van der Waals surface area contributed by atoms with E-state index in [0.717, 1.165) is 42.6 Å². The van der Waals surface area contributed by atoms with Crippen molar-refractivity contribution in [2.45, 2.75) is 63.8 Å². The molecule has 2 aliphatic rings. The molecule has 0 bridgehead atoms. The first-order valence-corrected chi connectivity index (χ1v) is 13.7. The number of anilines is 2. The summed E-state index contributed by atoms with van der Waals surface area (Å²) in [5.74, 6) is 0.0926. The average molecular weight is 491 g/mol. The number of benzene rings is 1. The maximum atomic E-state index is 12.9. The van der Waals surface area contributed by atoms with Crippen molar-refractivity contribution in [2.75, 3.05) is 16.8 Å². The van der Waals surface area contributed by atoms with Gasteiger partial charge in [-0.3, -0.25) is 9.59 Å². The fourth-order valence-corrected chi connectivity index (χ4v) is 6.67. The first-order chi connectivity index (χ1) is 15.6. The zero-order valence-corrected chi connectivity index (χ0v) is 20.8. The molecule has 0 spiro atoms. The van der Waals surface area contributed by atoms with Gasteiger partial charge in [0.2, 0.25) is 21.8 Å². The normalized spacial score (nSPS) is 22.8. The molecule has 0 saturated heterocycles. The molecule has 178 valence electrons. The maximum absolute atomic E-state index is 12.9. The molecule has 8 nitrogen and oxygen atoms in total. The summed E-state index contributed by atoms with van der Waals surface area (Å²) >= 11 is 1.42. The highest BCUT2D eigenvalue weighted by Gasteiger charge is 2.31. The van der Waals surface area contributed by atoms with E-state index in [2.05, 4.69) is 15.0 Å². The van der Waals surface area contributed by atoms with E-state index in [4.69, 9.17) is 0 Å². The van der Waals surface area contributed by atoms with E-state index < -0.39 is 10.0 Å². The topological polar surface area (TPSA) is 108 Å². The first-order valence-electron chi connectivity index (χ1n) is 11.3. The van der Waals surface area contributed by atoms with Crippen LogP contribution in [-0.2, 0) is 26.0 Å². The largest absolute Gasteiger partial charge is 0.309 e. The number of aromatic nitrogens is 1. The Balaban J connectivity index is 1.30. The van der Waals surface area contributed by atoms with Crippen LogP contribution >= 0.6 is 11.3 Å². The molecule has 2 amide bonds. The number of nitrogens with zero attached hydrogens (tertiary/aromatic N) is 2. The lowest BCUT2D eigenvalue weighted by atomic mass is 9.81. The standard InChI is InChI=1S/C23H30N4O4S2/c1-14-13-32-23(25-14)26-22(29)18-6-4-17(5-7-18)12-24-33(30,31)20-8-9-21-19(11-20)10-15(2)27(21)16(3)28/h8-9,11,13,15,17-18,24H,4-7,10,12H2,1-3H3,(H,25,26,29). The van der Waals surface area contributed by atoms with Gasteiger partial charge in [-0.2, -0.15) is 0 Å². The van der Waals surface area contributed by atoms with Crippen molar-refractivity contribution < 1.29 is 18.0 Å². The summed E-state index contributed by atoms with van der Waals surface area (Å²) in [6, 6.07) is 4.99. The van der Waals surface area contributed by atoms with Gasteiger partial charge in [-0.15, -0.1) is 11.3 Å². The number of sulfonamides is 1. The van der Waals surface area contributed by atoms with E-state index in [0.29, 0.717) is 18.1 Å². The van der Waals surface area contributed by atoms with Gasteiger partial charge in [0.05, 0.1) is 10.6 Å². The second kappa shape index (κ2) is 9.52. The van der Waals surface area contributed by atoms with Crippen LogP contribution in [0.4, 0.5) is 10.8 Å². The predicted molar refractivity (Wildman–Crippen MR) is 129 cm³/mol. The molecule has 33 heavy (non-hydrogen) atoms. The molecule has 0 radical (unpaired) electrons. The number of hydrogen-bond acceptors (Lipinski definition) is 6. The second-order valence-corrected chi connectivity index (χ2v) is 11.7. The highest BCUT2D eigenvalue weighted by atomic mass is 32.2. The molecule has 1 aliphatic heterocycles. The van der Waals surface area contributed by atoms with Gasteiger partial charge >= 0.3 is 0 Å². The number of thiazole rings is 1. The SMILES string of the molecule is CC(=O)N1c2ccc(S(=O)(=O)NCC3CCC(C(=O)Nc4nc(C)cs4)CC3)cc2CC1C. The van der Waals surface area contributed by atoms with Crippen molar-refractivity contribution in [3.05, 3.63) is 34.8 Å². The van der Waals surface area contributed by atoms with E-state index in [1.807, 2.05) is 19.2 Å². The minimum atomic E-state index is -3.64. The zero-order chi connectivity index (χ0) is 23.8. The number of aryl methyl sites for hydroxylation is 1. The highest BCUT2D eigenvalue weighted by Crippen LogP contribution is 2.34. The monoisotopic (exact) mass is 490 g/mol. The van der Waals surface area contributed by atoms with Gasteiger partial charge in [0.15, 0.2) is 5.13 Å². The van der Waals surface area contributed by atoms with Gasteiger partial charge in [-0.05, 0) is 75.6 Å². The Hall–Kier alpha value is -2.30. The van der Waals surface area contributed by atoms with Crippen LogP contribution < -0.4 is 14.9 Å². The van der Waals surface area contributed by atoms with Crippen LogP contribution in [-0.4, -0.2) is 37.8 Å². The Labute approximate surface area is 198 Å². The summed E-state index contributed by atoms with van der Waals surface area (Å²) in [6.45, 7) is 5.73. The van der Waals surface area contributed by atoms with Crippen LogP contribution in [0.1, 0.15) is 50.8 Å². The van der Waals surface area contributed by atoms with Gasteiger partial charge in [-0.25, -0.2) is 18.1 Å². The zero-order valence-electron chi connectivity index (χ0n) is 19.1. The second-order valence-electron chi connectivity index (χ2n) is 9.09. The van der Waals surface area contributed by atoms with E-state index in [-0.39, 0.29) is 34.6 Å². The van der Waals surface area contributed by atoms with E-state index in [9.17, 15) is 18.0 Å². The van der Waals surface area contributed by atoms with Crippen molar-refractivity contribution in [1.82, 2.24) is 9.71 Å². The van der Waals surface area contributed by atoms with Crippen molar-refractivity contribution in [3.63, 3.8) is 0 Å². The lowest BCUT2D eigenvalue weighted by Crippen LogP contribution is -2.34. The Morgan fingerprint density at radius 2 is 1.94 bits per heavy atom. The van der Waals surface area contributed by atoms with Crippen molar-refractivity contribution in [3.8, 4) is 0 Å². The number of hydrogen-bond donors (Lipinski definition) is 2. The molecule has 1 saturated carbocycles. The van der Waals surface area contributed by atoms with Gasteiger partial charge in [0.25, 0.3) is 0 Å². The Morgan fingerprint density at radius 3 is 2.58 bits per heavy atom. The van der Waals surface area contributed by atoms with Crippen LogP contribution in [0.3, 0.4) is 0 Å². The summed E-state index contributed by atoms with van der Waals surface area (Å²) in [6.07, 6.45) is 3.71. The van der Waals surface area contributed by atoms with Crippen molar-refractivity contribution in [2.24, 2.45) is 11.8 Å². The molecular weight excluding hydrogens is 460 g/mol. The fraction of sp³-hybridized carbons (Fsp3) is 0.522. The summed E-state index contributed by atoms with van der Waals surface area (Å²) in [7, 11) is -3.64. The quantitative estimate of drug-likeness (QED) is 0.645. The Kier molecular flexibility index (Phi) is 6.88. The number of amides is 2. The molecule has 2 heterocycles. The van der Waals surface area contributed by atoms with Gasteiger partial charge < -0.3 is 10.2 Å².